The van der Waals surface area contributed by atoms with Gasteiger partial charge in [-0.15, -0.1) is 0 Å². The van der Waals surface area contributed by atoms with Crippen LogP contribution in [0.25, 0.3) is 0 Å². The Hall–Kier alpha value is -3.54. The van der Waals surface area contributed by atoms with Gasteiger partial charge in [-0.1, -0.05) is 24.3 Å². The molecule has 0 unspecified atom stereocenters. The molecule has 2 N–H and O–H groups in total. The van der Waals surface area contributed by atoms with Crippen molar-refractivity contribution in [2.75, 3.05) is 10.6 Å². The first-order chi connectivity index (χ1) is 12.9. The molecule has 3 rings (SSSR count). The maximum Gasteiger partial charge on any atom is 0.274 e. The minimum absolute atomic E-state index is 0.0178. The molecule has 0 bridgehead atoms. The molecule has 27 heavy (non-hydrogen) atoms. The fourth-order valence-corrected chi connectivity index (χ4v) is 2.63. The molecule has 6 heteroatoms. The minimum atomic E-state index is -0.313. The van der Waals surface area contributed by atoms with Crippen LogP contribution in [0.2, 0.25) is 0 Å². The third kappa shape index (κ3) is 4.76. The first kappa shape index (κ1) is 18.3. The topological polar surface area (TPSA) is 84.0 Å². The highest BCUT2D eigenvalue weighted by molar-refractivity contribution is 6.03. The van der Waals surface area contributed by atoms with Crippen LogP contribution in [0.4, 0.5) is 17.2 Å². The maximum absolute atomic E-state index is 12.6. The van der Waals surface area contributed by atoms with Crippen LogP contribution < -0.4 is 10.6 Å². The zero-order chi connectivity index (χ0) is 19.4. The molecule has 0 fully saturated rings. The van der Waals surface area contributed by atoms with Crippen molar-refractivity contribution in [2.24, 2.45) is 0 Å². The lowest BCUT2D eigenvalue weighted by Crippen LogP contribution is -2.15. The summed E-state index contributed by atoms with van der Waals surface area (Å²) in [6.07, 6.45) is 0. The van der Waals surface area contributed by atoms with Gasteiger partial charge in [0, 0.05) is 23.0 Å². The van der Waals surface area contributed by atoms with Gasteiger partial charge in [0.15, 0.2) is 5.78 Å². The van der Waals surface area contributed by atoms with Crippen LogP contribution >= 0.6 is 0 Å². The van der Waals surface area contributed by atoms with Gasteiger partial charge < -0.3 is 10.6 Å². The number of amides is 1. The predicted molar refractivity (Wildman–Crippen MR) is 106 cm³/mol. The summed E-state index contributed by atoms with van der Waals surface area (Å²) >= 11 is 0. The van der Waals surface area contributed by atoms with Crippen molar-refractivity contribution >= 4 is 28.9 Å². The van der Waals surface area contributed by atoms with Crippen molar-refractivity contribution in [3.8, 4) is 0 Å². The highest BCUT2D eigenvalue weighted by Crippen LogP contribution is 2.18. The second-order valence-corrected chi connectivity index (χ2v) is 6.27. The summed E-state index contributed by atoms with van der Waals surface area (Å²) in [6.45, 7) is 5.20. The molecular weight excluding hydrogens is 340 g/mol. The smallest absolute Gasteiger partial charge is 0.274 e. The molecule has 6 nitrogen and oxygen atoms in total. The van der Waals surface area contributed by atoms with Crippen LogP contribution in [0.3, 0.4) is 0 Å². The average Bonchev–Trinajstić information content (AvgIpc) is 2.61. The van der Waals surface area contributed by atoms with Crippen molar-refractivity contribution in [2.45, 2.75) is 20.8 Å². The van der Waals surface area contributed by atoms with E-state index in [2.05, 4.69) is 20.6 Å². The summed E-state index contributed by atoms with van der Waals surface area (Å²) < 4.78 is 0. The third-order valence-electron chi connectivity index (χ3n) is 3.89. The number of hydrogen-bond donors (Lipinski definition) is 2. The Bertz CT molecular complexity index is 1010. The monoisotopic (exact) mass is 360 g/mol. The largest absolute Gasteiger partial charge is 0.340 e. The fraction of sp³-hybridized carbons (Fsp3) is 0.143. The summed E-state index contributed by atoms with van der Waals surface area (Å²) in [7, 11) is 0. The van der Waals surface area contributed by atoms with Crippen LogP contribution in [0.5, 0.6) is 0 Å². The van der Waals surface area contributed by atoms with Crippen molar-refractivity contribution in [1.82, 2.24) is 9.97 Å². The first-order valence-corrected chi connectivity index (χ1v) is 8.52. The highest BCUT2D eigenvalue weighted by Gasteiger charge is 2.12. The predicted octanol–water partition coefficient (Wildman–Crippen LogP) is 4.29. The zero-order valence-corrected chi connectivity index (χ0v) is 15.4. The molecule has 0 aliphatic rings. The number of nitrogens with one attached hydrogen (secondary N) is 2. The summed E-state index contributed by atoms with van der Waals surface area (Å²) in [5, 5.41) is 5.96. The van der Waals surface area contributed by atoms with Crippen LogP contribution in [0.15, 0.2) is 54.6 Å². The quantitative estimate of drug-likeness (QED) is 0.663. The Morgan fingerprint density at radius 3 is 2.37 bits per heavy atom. The molecule has 0 aliphatic heterocycles. The molecule has 3 aromatic rings. The van der Waals surface area contributed by atoms with Gasteiger partial charge in [-0.25, -0.2) is 9.97 Å². The summed E-state index contributed by atoms with van der Waals surface area (Å²) in [5.41, 5.74) is 3.34. The van der Waals surface area contributed by atoms with E-state index in [4.69, 9.17) is 0 Å². The number of carbonyl (C=O) groups excluding carboxylic acids is 2. The van der Waals surface area contributed by atoms with E-state index in [-0.39, 0.29) is 17.4 Å². The molecule has 1 amide bonds. The SMILES string of the molecule is CC(=O)c1cccc(Nc2cc(C(=O)Nc3cccc(C)c3)nc(C)n2)c1. The lowest BCUT2D eigenvalue weighted by molar-refractivity contribution is 0.101. The zero-order valence-electron chi connectivity index (χ0n) is 15.4. The van der Waals surface area contributed by atoms with Gasteiger partial charge in [-0.3, -0.25) is 9.59 Å². The molecule has 0 saturated heterocycles. The number of benzene rings is 2. The van der Waals surface area contributed by atoms with Gasteiger partial charge in [0.1, 0.15) is 17.3 Å². The van der Waals surface area contributed by atoms with Gasteiger partial charge in [-0.05, 0) is 50.6 Å². The number of rotatable bonds is 5. The second-order valence-electron chi connectivity index (χ2n) is 6.27. The Balaban J connectivity index is 1.82. The summed E-state index contributed by atoms with van der Waals surface area (Å²) in [6, 6.07) is 16.2. The van der Waals surface area contributed by atoms with Crippen molar-refractivity contribution in [3.05, 3.63) is 77.2 Å². The van der Waals surface area contributed by atoms with Crippen LogP contribution in [0.1, 0.15) is 39.2 Å². The fourth-order valence-electron chi connectivity index (χ4n) is 2.63. The molecule has 2 aromatic carbocycles. The Kier molecular flexibility index (Phi) is 5.26. The molecular formula is C21H20N4O2. The number of aromatic nitrogens is 2. The standard InChI is InChI=1S/C21H20N4O2/c1-13-6-4-8-17(10-13)25-21(27)19-12-20(23-15(3)22-19)24-18-9-5-7-16(11-18)14(2)26/h4-12H,1-3H3,(H,25,27)(H,22,23,24). The lowest BCUT2D eigenvalue weighted by atomic mass is 10.1. The van der Waals surface area contributed by atoms with Crippen molar-refractivity contribution in [1.29, 1.82) is 0 Å². The maximum atomic E-state index is 12.6. The Morgan fingerprint density at radius 1 is 0.889 bits per heavy atom. The van der Waals surface area contributed by atoms with Crippen molar-refractivity contribution in [3.63, 3.8) is 0 Å². The van der Waals surface area contributed by atoms with Gasteiger partial charge in [-0.2, -0.15) is 0 Å². The first-order valence-electron chi connectivity index (χ1n) is 8.52. The van der Waals surface area contributed by atoms with E-state index in [0.29, 0.717) is 28.6 Å². The van der Waals surface area contributed by atoms with E-state index in [0.717, 1.165) is 5.56 Å². The van der Waals surface area contributed by atoms with Crippen LogP contribution in [-0.2, 0) is 0 Å². The van der Waals surface area contributed by atoms with E-state index in [1.807, 2.05) is 37.3 Å². The average molecular weight is 360 g/mol. The number of anilines is 3. The van der Waals surface area contributed by atoms with E-state index in [9.17, 15) is 9.59 Å². The number of ketones is 1. The van der Waals surface area contributed by atoms with Gasteiger partial charge >= 0.3 is 0 Å². The second kappa shape index (κ2) is 7.78. The van der Waals surface area contributed by atoms with Gasteiger partial charge in [0.2, 0.25) is 0 Å². The number of Topliss-reactive ketones (excluding diaryl/α,β-unsaturated/α-hetero) is 1. The minimum Gasteiger partial charge on any atom is -0.340 e. The molecule has 136 valence electrons. The van der Waals surface area contributed by atoms with E-state index in [1.165, 1.54) is 6.92 Å². The molecule has 0 spiro atoms. The molecule has 1 aromatic heterocycles. The third-order valence-corrected chi connectivity index (χ3v) is 3.89. The lowest BCUT2D eigenvalue weighted by Gasteiger charge is -2.10. The number of aryl methyl sites for hydroxylation is 2. The van der Waals surface area contributed by atoms with Crippen LogP contribution in [-0.4, -0.2) is 21.7 Å². The normalized spacial score (nSPS) is 10.3. The van der Waals surface area contributed by atoms with Crippen molar-refractivity contribution < 1.29 is 9.59 Å². The summed E-state index contributed by atoms with van der Waals surface area (Å²) in [4.78, 5) is 32.6. The molecule has 1 heterocycles. The summed E-state index contributed by atoms with van der Waals surface area (Å²) in [5.74, 6) is 0.622. The number of carbonyl (C=O) groups is 2. The van der Waals surface area contributed by atoms with E-state index >= 15 is 0 Å². The number of hydrogen-bond acceptors (Lipinski definition) is 5. The van der Waals surface area contributed by atoms with Crippen LogP contribution in [0, 0.1) is 13.8 Å². The highest BCUT2D eigenvalue weighted by atomic mass is 16.2. The van der Waals surface area contributed by atoms with E-state index < -0.39 is 0 Å². The Labute approximate surface area is 157 Å². The molecule has 0 aliphatic carbocycles. The van der Waals surface area contributed by atoms with Gasteiger partial charge in [0.25, 0.3) is 5.91 Å². The molecule has 0 atom stereocenters. The van der Waals surface area contributed by atoms with Gasteiger partial charge in [0.05, 0.1) is 0 Å². The molecule has 0 radical (unpaired) electrons. The Morgan fingerprint density at radius 2 is 1.63 bits per heavy atom. The van der Waals surface area contributed by atoms with E-state index in [1.54, 1.807) is 31.2 Å². The molecule has 0 saturated carbocycles. The number of nitrogens with zero attached hydrogens (tertiary/aromatic N) is 2.